The Bertz CT molecular complexity index is 1300. The largest absolute Gasteiger partial charge is 0.355 e. The van der Waals surface area contributed by atoms with Crippen LogP contribution in [-0.4, -0.2) is 50.8 Å². The van der Waals surface area contributed by atoms with E-state index in [0.29, 0.717) is 13.0 Å². The average molecular weight is 563 g/mol. The van der Waals surface area contributed by atoms with Gasteiger partial charge in [-0.3, -0.25) is 13.9 Å². The van der Waals surface area contributed by atoms with Crippen molar-refractivity contribution in [1.29, 1.82) is 0 Å². The second-order valence-corrected chi connectivity index (χ2v) is 11.1. The zero-order valence-corrected chi connectivity index (χ0v) is 22.9. The Morgan fingerprint density at radius 1 is 0.919 bits per heavy atom. The number of anilines is 1. The molecule has 0 aromatic heterocycles. The van der Waals surface area contributed by atoms with Crippen molar-refractivity contribution in [3.8, 4) is 0 Å². The van der Waals surface area contributed by atoms with Crippen LogP contribution in [0.1, 0.15) is 19.4 Å². The van der Waals surface area contributed by atoms with Gasteiger partial charge in [0, 0.05) is 23.1 Å². The molecular formula is C27H29Cl2N3O4S. The van der Waals surface area contributed by atoms with Crippen molar-refractivity contribution >= 4 is 50.7 Å². The van der Waals surface area contributed by atoms with E-state index in [9.17, 15) is 18.0 Å². The Balaban J connectivity index is 1.99. The third-order valence-electron chi connectivity index (χ3n) is 5.75. The van der Waals surface area contributed by atoms with E-state index < -0.39 is 28.5 Å². The van der Waals surface area contributed by atoms with Gasteiger partial charge >= 0.3 is 0 Å². The van der Waals surface area contributed by atoms with Gasteiger partial charge in [-0.1, -0.05) is 71.7 Å². The molecule has 0 saturated carbocycles. The molecule has 0 saturated heterocycles. The molecule has 2 amide bonds. The van der Waals surface area contributed by atoms with Crippen molar-refractivity contribution in [2.45, 2.75) is 31.2 Å². The van der Waals surface area contributed by atoms with E-state index in [4.69, 9.17) is 23.2 Å². The number of benzene rings is 3. The first-order chi connectivity index (χ1) is 17.6. The maximum absolute atomic E-state index is 13.7. The van der Waals surface area contributed by atoms with Crippen LogP contribution in [-0.2, 0) is 26.0 Å². The highest BCUT2D eigenvalue weighted by Crippen LogP contribution is 2.30. The Hall–Kier alpha value is -3.07. The Morgan fingerprint density at radius 2 is 1.49 bits per heavy atom. The molecule has 0 aliphatic carbocycles. The smallest absolute Gasteiger partial charge is 0.264 e. The zero-order chi connectivity index (χ0) is 27.0. The van der Waals surface area contributed by atoms with Gasteiger partial charge < -0.3 is 10.2 Å². The van der Waals surface area contributed by atoms with E-state index >= 15 is 0 Å². The molecule has 0 aliphatic heterocycles. The molecule has 0 aliphatic rings. The minimum atomic E-state index is -4.17. The standard InChI is InChI=1S/C27H29Cl2N3O4S/c1-3-30-27(34)20(2)31(15-14-21-10-6-4-7-11-21)26(33)19-32(24-17-22(28)16-23(29)18-24)37(35,36)25-12-8-5-9-13-25/h4-13,16-18,20H,3,14-15,19H2,1-2H3,(H,30,34)/t20-/m0/s1. The Labute approximate surface area is 228 Å². The summed E-state index contributed by atoms with van der Waals surface area (Å²) in [5.41, 5.74) is 1.13. The number of carbonyl (C=O) groups is 2. The van der Waals surface area contributed by atoms with Gasteiger partial charge in [0.15, 0.2) is 0 Å². The van der Waals surface area contributed by atoms with Gasteiger partial charge in [-0.15, -0.1) is 0 Å². The fourth-order valence-electron chi connectivity index (χ4n) is 3.82. The molecule has 1 atom stereocenters. The first kappa shape index (κ1) is 28.5. The minimum Gasteiger partial charge on any atom is -0.355 e. The van der Waals surface area contributed by atoms with Crippen molar-refractivity contribution in [3.05, 3.63) is 94.5 Å². The minimum absolute atomic E-state index is 0.00603. The highest BCUT2D eigenvalue weighted by Gasteiger charge is 2.32. The molecule has 3 aromatic carbocycles. The second-order valence-electron chi connectivity index (χ2n) is 8.35. The molecule has 10 heteroatoms. The number of hydrogen-bond donors (Lipinski definition) is 1. The quantitative estimate of drug-likeness (QED) is 0.364. The predicted molar refractivity (Wildman–Crippen MR) is 147 cm³/mol. The van der Waals surface area contributed by atoms with Gasteiger partial charge in [0.25, 0.3) is 10.0 Å². The lowest BCUT2D eigenvalue weighted by molar-refractivity contribution is -0.138. The number of carbonyl (C=O) groups excluding carboxylic acids is 2. The highest BCUT2D eigenvalue weighted by atomic mass is 35.5. The van der Waals surface area contributed by atoms with Crippen LogP contribution in [0.2, 0.25) is 10.0 Å². The van der Waals surface area contributed by atoms with Crippen LogP contribution >= 0.6 is 23.2 Å². The number of nitrogens with zero attached hydrogens (tertiary/aromatic N) is 2. The van der Waals surface area contributed by atoms with E-state index in [1.54, 1.807) is 32.0 Å². The van der Waals surface area contributed by atoms with Gasteiger partial charge in [-0.25, -0.2) is 8.42 Å². The van der Waals surface area contributed by atoms with E-state index in [-0.39, 0.29) is 33.1 Å². The number of halogens is 2. The predicted octanol–water partition coefficient (Wildman–Crippen LogP) is 4.78. The van der Waals surface area contributed by atoms with Crippen molar-refractivity contribution in [1.82, 2.24) is 10.2 Å². The van der Waals surface area contributed by atoms with Gasteiger partial charge in [0.2, 0.25) is 11.8 Å². The molecule has 1 N–H and O–H groups in total. The molecule has 0 fully saturated rings. The zero-order valence-electron chi connectivity index (χ0n) is 20.6. The van der Waals surface area contributed by atoms with Crippen molar-refractivity contribution in [2.24, 2.45) is 0 Å². The number of hydrogen-bond acceptors (Lipinski definition) is 4. The molecule has 0 radical (unpaired) electrons. The molecule has 3 aromatic rings. The monoisotopic (exact) mass is 561 g/mol. The van der Waals surface area contributed by atoms with E-state index in [2.05, 4.69) is 5.32 Å². The summed E-state index contributed by atoms with van der Waals surface area (Å²) in [7, 11) is -4.17. The van der Waals surface area contributed by atoms with E-state index in [1.807, 2.05) is 30.3 Å². The summed E-state index contributed by atoms with van der Waals surface area (Å²) in [6, 6.07) is 20.9. The molecule has 7 nitrogen and oxygen atoms in total. The maximum Gasteiger partial charge on any atom is 0.264 e. The van der Waals surface area contributed by atoms with Gasteiger partial charge in [0.1, 0.15) is 12.6 Å². The SMILES string of the molecule is CCNC(=O)[C@H](C)N(CCc1ccccc1)C(=O)CN(c1cc(Cl)cc(Cl)c1)S(=O)(=O)c1ccccc1. The summed E-state index contributed by atoms with van der Waals surface area (Å²) in [5, 5.41) is 3.18. The van der Waals surface area contributed by atoms with Crippen LogP contribution in [0.3, 0.4) is 0 Å². The molecule has 0 unspecified atom stereocenters. The molecule has 3 rings (SSSR count). The number of sulfonamides is 1. The van der Waals surface area contributed by atoms with Crippen molar-refractivity contribution in [3.63, 3.8) is 0 Å². The summed E-state index contributed by atoms with van der Waals surface area (Å²) in [4.78, 5) is 27.8. The van der Waals surface area contributed by atoms with Crippen LogP contribution in [0, 0.1) is 0 Å². The fraction of sp³-hybridized carbons (Fsp3) is 0.259. The van der Waals surface area contributed by atoms with Gasteiger partial charge in [0.05, 0.1) is 10.6 Å². The third-order valence-corrected chi connectivity index (χ3v) is 7.97. The topological polar surface area (TPSA) is 86.8 Å². The average Bonchev–Trinajstić information content (AvgIpc) is 2.87. The lowest BCUT2D eigenvalue weighted by atomic mass is 10.1. The van der Waals surface area contributed by atoms with Crippen LogP contribution < -0.4 is 9.62 Å². The Morgan fingerprint density at radius 3 is 2.05 bits per heavy atom. The van der Waals surface area contributed by atoms with Crippen LogP contribution in [0.25, 0.3) is 0 Å². The summed E-state index contributed by atoms with van der Waals surface area (Å²) in [6.45, 7) is 3.49. The normalized spacial score (nSPS) is 12.0. The molecule has 0 spiro atoms. The summed E-state index contributed by atoms with van der Waals surface area (Å²) < 4.78 is 28.4. The lowest BCUT2D eigenvalue weighted by Gasteiger charge is -2.32. The second kappa shape index (κ2) is 12.9. The Kier molecular flexibility index (Phi) is 9.97. The van der Waals surface area contributed by atoms with Crippen LogP contribution in [0.15, 0.2) is 83.8 Å². The van der Waals surface area contributed by atoms with Crippen LogP contribution in [0.5, 0.6) is 0 Å². The molecular weight excluding hydrogens is 533 g/mol. The molecule has 0 bridgehead atoms. The van der Waals surface area contributed by atoms with Crippen molar-refractivity contribution in [2.75, 3.05) is 23.9 Å². The number of likely N-dealkylation sites (N-methyl/N-ethyl adjacent to an activating group) is 1. The highest BCUT2D eigenvalue weighted by molar-refractivity contribution is 7.92. The summed E-state index contributed by atoms with van der Waals surface area (Å²) in [5.74, 6) is -0.863. The van der Waals surface area contributed by atoms with Crippen molar-refractivity contribution < 1.29 is 18.0 Å². The number of rotatable bonds is 11. The van der Waals surface area contributed by atoms with Gasteiger partial charge in [-0.05, 0) is 56.2 Å². The molecule has 196 valence electrons. The van der Waals surface area contributed by atoms with E-state index in [0.717, 1.165) is 9.87 Å². The lowest BCUT2D eigenvalue weighted by Crippen LogP contribution is -2.52. The van der Waals surface area contributed by atoms with E-state index in [1.165, 1.54) is 35.2 Å². The number of amides is 2. The number of nitrogens with one attached hydrogen (secondary N) is 1. The summed E-state index contributed by atoms with van der Waals surface area (Å²) in [6.07, 6.45) is 0.491. The molecule has 0 heterocycles. The third kappa shape index (κ3) is 7.47. The molecule has 37 heavy (non-hydrogen) atoms. The fourth-order valence-corrected chi connectivity index (χ4v) is 5.76. The first-order valence-corrected chi connectivity index (χ1v) is 14.0. The first-order valence-electron chi connectivity index (χ1n) is 11.8. The summed E-state index contributed by atoms with van der Waals surface area (Å²) >= 11 is 12.4. The van der Waals surface area contributed by atoms with Crippen LogP contribution in [0.4, 0.5) is 5.69 Å². The maximum atomic E-state index is 13.7. The van der Waals surface area contributed by atoms with Gasteiger partial charge in [-0.2, -0.15) is 0 Å².